The lowest BCUT2D eigenvalue weighted by Crippen LogP contribution is -2.01. The van der Waals surface area contributed by atoms with Crippen LogP contribution in [0, 0.1) is 6.92 Å². The van der Waals surface area contributed by atoms with Crippen LogP contribution in [0.1, 0.15) is 79.8 Å². The van der Waals surface area contributed by atoms with E-state index >= 15 is 0 Å². The molecule has 0 amide bonds. The molecule has 0 aliphatic rings. The predicted molar refractivity (Wildman–Crippen MR) is 119 cm³/mol. The molecular formula is C26H33NO. The van der Waals surface area contributed by atoms with Crippen LogP contribution < -0.4 is 0 Å². The molecule has 2 aromatic carbocycles. The second-order valence-corrected chi connectivity index (χ2v) is 7.92. The molecule has 0 aliphatic heterocycles. The number of hydrogen-bond acceptors (Lipinski definition) is 1. The number of aryl methyl sites for hydroxylation is 2. The highest BCUT2D eigenvalue weighted by atomic mass is 16.1. The minimum absolute atomic E-state index is 0.117. The maximum Gasteiger partial charge on any atom is 0.195 e. The van der Waals surface area contributed by atoms with Gasteiger partial charge in [-0.2, -0.15) is 0 Å². The van der Waals surface area contributed by atoms with Gasteiger partial charge in [-0.05, 0) is 19.4 Å². The van der Waals surface area contributed by atoms with Gasteiger partial charge in [0.05, 0.1) is 0 Å². The minimum Gasteiger partial charge on any atom is -0.347 e. The van der Waals surface area contributed by atoms with E-state index in [1.165, 1.54) is 62.4 Å². The van der Waals surface area contributed by atoms with Crippen molar-refractivity contribution >= 4 is 16.7 Å². The van der Waals surface area contributed by atoms with Crippen molar-refractivity contribution < 1.29 is 4.79 Å². The summed E-state index contributed by atoms with van der Waals surface area (Å²) in [5.41, 5.74) is 3.93. The van der Waals surface area contributed by atoms with Crippen LogP contribution in [0.2, 0.25) is 0 Å². The van der Waals surface area contributed by atoms with Crippen molar-refractivity contribution in [3.63, 3.8) is 0 Å². The molecule has 0 bridgehead atoms. The SMILES string of the molecule is CCCCCCCCCCn1cc(C(=O)c2ccc(C)cc2)c2ccccc21. The molecule has 1 aromatic heterocycles. The average Bonchev–Trinajstić information content (AvgIpc) is 3.09. The van der Waals surface area contributed by atoms with Gasteiger partial charge in [0.2, 0.25) is 0 Å². The molecule has 0 radical (unpaired) electrons. The number of carbonyl (C=O) groups excluding carboxylic acids is 1. The fourth-order valence-electron chi connectivity index (χ4n) is 3.89. The Hall–Kier alpha value is -2.35. The molecule has 2 heteroatoms. The summed E-state index contributed by atoms with van der Waals surface area (Å²) >= 11 is 0. The summed E-state index contributed by atoms with van der Waals surface area (Å²) in [5, 5.41) is 1.06. The molecule has 0 N–H and O–H groups in total. The van der Waals surface area contributed by atoms with Crippen molar-refractivity contribution in [2.24, 2.45) is 0 Å². The van der Waals surface area contributed by atoms with Crippen molar-refractivity contribution in [2.75, 3.05) is 0 Å². The van der Waals surface area contributed by atoms with E-state index in [0.29, 0.717) is 0 Å². The number of carbonyl (C=O) groups is 1. The van der Waals surface area contributed by atoms with Crippen LogP contribution >= 0.6 is 0 Å². The zero-order valence-corrected chi connectivity index (χ0v) is 17.4. The van der Waals surface area contributed by atoms with E-state index in [-0.39, 0.29) is 5.78 Å². The fourth-order valence-corrected chi connectivity index (χ4v) is 3.89. The van der Waals surface area contributed by atoms with Crippen LogP contribution in [0.25, 0.3) is 10.9 Å². The van der Waals surface area contributed by atoms with Gasteiger partial charge in [0.25, 0.3) is 0 Å². The molecule has 0 saturated heterocycles. The van der Waals surface area contributed by atoms with Crippen LogP contribution in [0.5, 0.6) is 0 Å². The first-order chi connectivity index (χ1) is 13.7. The third-order valence-electron chi connectivity index (χ3n) is 5.60. The molecule has 28 heavy (non-hydrogen) atoms. The Morgan fingerprint density at radius 1 is 0.821 bits per heavy atom. The van der Waals surface area contributed by atoms with Crippen LogP contribution in [-0.4, -0.2) is 10.4 Å². The summed E-state index contributed by atoms with van der Waals surface area (Å²) in [5.74, 6) is 0.117. The molecule has 3 rings (SSSR count). The van der Waals surface area contributed by atoms with Gasteiger partial charge < -0.3 is 4.57 Å². The number of nitrogens with zero attached hydrogens (tertiary/aromatic N) is 1. The van der Waals surface area contributed by atoms with Gasteiger partial charge in [-0.3, -0.25) is 4.79 Å². The number of para-hydroxylation sites is 1. The molecule has 0 atom stereocenters. The summed E-state index contributed by atoms with van der Waals surface area (Å²) in [6, 6.07) is 16.2. The highest BCUT2D eigenvalue weighted by Gasteiger charge is 2.16. The van der Waals surface area contributed by atoms with Crippen molar-refractivity contribution in [3.05, 3.63) is 71.4 Å². The Kier molecular flexibility index (Phi) is 7.47. The van der Waals surface area contributed by atoms with Crippen LogP contribution in [-0.2, 0) is 6.54 Å². The smallest absolute Gasteiger partial charge is 0.195 e. The van der Waals surface area contributed by atoms with Crippen LogP contribution in [0.15, 0.2) is 54.7 Å². The first-order valence-electron chi connectivity index (χ1n) is 10.9. The van der Waals surface area contributed by atoms with Crippen molar-refractivity contribution in [3.8, 4) is 0 Å². The zero-order chi connectivity index (χ0) is 19.8. The maximum absolute atomic E-state index is 13.1. The Balaban J connectivity index is 1.65. The molecule has 0 spiro atoms. The van der Waals surface area contributed by atoms with E-state index in [0.717, 1.165) is 23.1 Å². The predicted octanol–water partition coefficient (Wildman–Crippen LogP) is 7.32. The molecule has 2 nitrogen and oxygen atoms in total. The van der Waals surface area contributed by atoms with E-state index in [1.54, 1.807) is 0 Å². The molecule has 0 saturated carbocycles. The lowest BCUT2D eigenvalue weighted by molar-refractivity contribution is 0.104. The number of benzene rings is 2. The first kappa shape index (κ1) is 20.4. The first-order valence-corrected chi connectivity index (χ1v) is 10.9. The zero-order valence-electron chi connectivity index (χ0n) is 17.4. The van der Waals surface area contributed by atoms with Crippen LogP contribution in [0.4, 0.5) is 0 Å². The third-order valence-corrected chi connectivity index (χ3v) is 5.60. The van der Waals surface area contributed by atoms with Gasteiger partial charge in [-0.15, -0.1) is 0 Å². The molecule has 0 unspecified atom stereocenters. The monoisotopic (exact) mass is 375 g/mol. The number of fused-ring (bicyclic) bond motifs is 1. The van der Waals surface area contributed by atoms with Gasteiger partial charge in [0, 0.05) is 34.8 Å². The topological polar surface area (TPSA) is 22.0 Å². The lowest BCUT2D eigenvalue weighted by Gasteiger charge is -2.05. The molecule has 148 valence electrons. The van der Waals surface area contributed by atoms with Gasteiger partial charge in [-0.1, -0.05) is 99.9 Å². The summed E-state index contributed by atoms with van der Waals surface area (Å²) < 4.78 is 2.27. The van der Waals surface area contributed by atoms with Crippen molar-refractivity contribution in [1.82, 2.24) is 4.57 Å². The van der Waals surface area contributed by atoms with Gasteiger partial charge in [0.1, 0.15) is 0 Å². The second-order valence-electron chi connectivity index (χ2n) is 7.92. The molecule has 0 aliphatic carbocycles. The highest BCUT2D eigenvalue weighted by molar-refractivity contribution is 6.16. The molecule has 3 aromatic rings. The van der Waals surface area contributed by atoms with Crippen molar-refractivity contribution in [2.45, 2.75) is 71.8 Å². The van der Waals surface area contributed by atoms with Gasteiger partial charge in [-0.25, -0.2) is 0 Å². The van der Waals surface area contributed by atoms with Crippen molar-refractivity contribution in [1.29, 1.82) is 0 Å². The molecule has 0 fully saturated rings. The number of hydrogen-bond donors (Lipinski definition) is 0. The summed E-state index contributed by atoms with van der Waals surface area (Å²) in [7, 11) is 0. The standard InChI is InChI=1S/C26H33NO/c1-3-4-5-6-7-8-9-12-19-27-20-24(23-13-10-11-14-25(23)27)26(28)22-17-15-21(2)16-18-22/h10-11,13-18,20H,3-9,12,19H2,1-2H3. The summed E-state index contributed by atoms with van der Waals surface area (Å²) in [4.78, 5) is 13.1. The molecular weight excluding hydrogens is 342 g/mol. The maximum atomic E-state index is 13.1. The van der Waals surface area contributed by atoms with E-state index < -0.39 is 0 Å². The number of ketones is 1. The average molecular weight is 376 g/mol. The number of rotatable bonds is 11. The summed E-state index contributed by atoms with van der Waals surface area (Å²) in [6.45, 7) is 5.29. The van der Waals surface area contributed by atoms with Gasteiger partial charge >= 0.3 is 0 Å². The minimum atomic E-state index is 0.117. The quantitative estimate of drug-likeness (QED) is 0.254. The number of unbranched alkanes of at least 4 members (excludes halogenated alkanes) is 7. The normalized spacial score (nSPS) is 11.2. The lowest BCUT2D eigenvalue weighted by atomic mass is 10.0. The Morgan fingerprint density at radius 2 is 1.46 bits per heavy atom. The highest BCUT2D eigenvalue weighted by Crippen LogP contribution is 2.25. The Labute approximate surface area is 169 Å². The van der Waals surface area contributed by atoms with E-state index in [1.807, 2.05) is 37.3 Å². The number of aromatic nitrogens is 1. The van der Waals surface area contributed by atoms with Gasteiger partial charge in [0.15, 0.2) is 5.78 Å². The third kappa shape index (κ3) is 5.13. The second kappa shape index (κ2) is 10.3. The van der Waals surface area contributed by atoms with Crippen LogP contribution in [0.3, 0.4) is 0 Å². The van der Waals surface area contributed by atoms with E-state index in [9.17, 15) is 4.79 Å². The Bertz CT molecular complexity index is 888. The summed E-state index contributed by atoms with van der Waals surface area (Å²) in [6.07, 6.45) is 12.6. The molecule has 1 heterocycles. The fraction of sp³-hybridized carbons (Fsp3) is 0.423. The van der Waals surface area contributed by atoms with E-state index in [4.69, 9.17) is 0 Å². The Morgan fingerprint density at radius 3 is 2.18 bits per heavy atom. The largest absolute Gasteiger partial charge is 0.347 e. The van der Waals surface area contributed by atoms with E-state index in [2.05, 4.69) is 35.9 Å².